The summed E-state index contributed by atoms with van der Waals surface area (Å²) < 4.78 is 54.5. The number of benzene rings is 2. The molecule has 4 atom stereocenters. The normalized spacial score (nSPS) is 26.2. The van der Waals surface area contributed by atoms with Gasteiger partial charge in [0.25, 0.3) is 5.91 Å². The molecule has 4 aliphatic rings. The second kappa shape index (κ2) is 13.3. The molecule has 52 heavy (non-hydrogen) atoms. The molecule has 0 bridgehead atoms. The number of halogens is 1. The van der Waals surface area contributed by atoms with E-state index in [0.717, 1.165) is 36.6 Å². The van der Waals surface area contributed by atoms with Gasteiger partial charge in [0, 0.05) is 35.8 Å². The number of nitrogens with zero attached hydrogens (tertiary/aromatic N) is 2. The molecule has 0 radical (unpaired) electrons. The Morgan fingerprint density at radius 3 is 2.65 bits per heavy atom. The van der Waals surface area contributed by atoms with Crippen LogP contribution in [0.4, 0.5) is 4.39 Å². The number of amides is 3. The molecule has 1 saturated heterocycles. The second-order valence-electron chi connectivity index (χ2n) is 14.7. The number of aromatic nitrogens is 1. The van der Waals surface area contributed by atoms with Crippen LogP contribution in [0.2, 0.25) is 0 Å². The van der Waals surface area contributed by atoms with Crippen molar-refractivity contribution in [1.82, 2.24) is 19.9 Å². The zero-order chi connectivity index (χ0) is 36.2. The Labute approximate surface area is 301 Å². The highest BCUT2D eigenvalue weighted by atomic mass is 32.2. The predicted octanol–water partition coefficient (Wildman–Crippen LogP) is 5.84. The van der Waals surface area contributed by atoms with Crippen molar-refractivity contribution in [3.8, 4) is 17.0 Å². The Bertz CT molecular complexity index is 2210. The zero-order valence-corrected chi connectivity index (χ0v) is 29.7. The van der Waals surface area contributed by atoms with E-state index >= 15 is 0 Å². The standard InChI is InChI=1S/C39H41FN4O7S/c1-23-10-17-32-29(18-23)35-36(51-32)33(20-30(41-35)24-11-13-26(40)14-12-24)50-27-19-31-37(46)42-39(38(47)43-52(48,49)28-15-16-28)21-25(39)8-6-4-2-3-5-7-9-34(45)44(31)22-27/h6,8,10-14,17-18,20,25,27-28,31H,2-5,7,9,15-16,19,21-22H2,1H3,(H,42,46)(H,43,47)/b8-6-/t25-,27-,31+,39-/m1/s1. The first-order chi connectivity index (χ1) is 25.0. The number of carbonyl (C=O) groups is 3. The van der Waals surface area contributed by atoms with Gasteiger partial charge < -0.3 is 19.4 Å². The molecule has 4 heterocycles. The van der Waals surface area contributed by atoms with Crippen LogP contribution >= 0.6 is 0 Å². The van der Waals surface area contributed by atoms with Gasteiger partial charge in [-0.2, -0.15) is 0 Å². The van der Waals surface area contributed by atoms with Gasteiger partial charge in [-0.25, -0.2) is 17.8 Å². The SMILES string of the molecule is Cc1ccc2oc3c(O[C@@H]4C[C@H]5C(=O)N[C@]6(C(=O)NS(=O)(=O)C7CC7)C[C@H]6/C=C\CCCCCCC(=O)N5C4)cc(-c4ccc(F)cc4)nc3c2c1. The minimum Gasteiger partial charge on any atom is -0.484 e. The number of furan rings is 1. The summed E-state index contributed by atoms with van der Waals surface area (Å²) in [6.45, 7) is 2.09. The van der Waals surface area contributed by atoms with E-state index in [1.165, 1.54) is 17.0 Å². The van der Waals surface area contributed by atoms with Crippen molar-refractivity contribution >= 4 is 49.8 Å². The Kier molecular flexibility index (Phi) is 8.79. The molecule has 4 aromatic rings. The van der Waals surface area contributed by atoms with Crippen molar-refractivity contribution in [2.24, 2.45) is 5.92 Å². The third-order valence-corrected chi connectivity index (χ3v) is 12.5. The van der Waals surface area contributed by atoms with Gasteiger partial charge in [-0.1, -0.05) is 36.6 Å². The number of hydrogen-bond donors (Lipinski definition) is 2. The van der Waals surface area contributed by atoms with E-state index < -0.39 is 44.8 Å². The number of hydrogen-bond acceptors (Lipinski definition) is 8. The molecular formula is C39H41FN4O7S. The summed E-state index contributed by atoms with van der Waals surface area (Å²) in [6.07, 6.45) is 9.09. The first-order valence-corrected chi connectivity index (χ1v) is 19.7. The lowest BCUT2D eigenvalue weighted by atomic mass is 10.1. The molecule has 11 nitrogen and oxygen atoms in total. The van der Waals surface area contributed by atoms with Crippen molar-refractivity contribution in [1.29, 1.82) is 0 Å². The van der Waals surface area contributed by atoms with Gasteiger partial charge in [-0.3, -0.25) is 19.1 Å². The van der Waals surface area contributed by atoms with Crippen molar-refractivity contribution in [3.63, 3.8) is 0 Å². The van der Waals surface area contributed by atoms with E-state index in [9.17, 15) is 27.2 Å². The van der Waals surface area contributed by atoms with E-state index in [0.29, 0.717) is 53.0 Å². The molecule has 2 aliphatic carbocycles. The van der Waals surface area contributed by atoms with Crippen LogP contribution in [0.3, 0.4) is 0 Å². The molecule has 13 heteroatoms. The predicted molar refractivity (Wildman–Crippen MR) is 192 cm³/mol. The van der Waals surface area contributed by atoms with Crippen LogP contribution in [0.15, 0.2) is 65.1 Å². The van der Waals surface area contributed by atoms with Gasteiger partial charge in [0.15, 0.2) is 11.3 Å². The van der Waals surface area contributed by atoms with E-state index in [2.05, 4.69) is 10.0 Å². The van der Waals surface area contributed by atoms with Crippen LogP contribution < -0.4 is 14.8 Å². The topological polar surface area (TPSA) is 148 Å². The molecule has 3 amide bonds. The smallest absolute Gasteiger partial charge is 0.259 e. The largest absolute Gasteiger partial charge is 0.484 e. The molecular weight excluding hydrogens is 688 g/mol. The lowest BCUT2D eigenvalue weighted by molar-refractivity contribution is -0.139. The van der Waals surface area contributed by atoms with E-state index in [-0.39, 0.29) is 43.4 Å². The Balaban J connectivity index is 1.11. The molecule has 2 aromatic heterocycles. The maximum absolute atomic E-state index is 14.2. The van der Waals surface area contributed by atoms with Crippen LogP contribution in [0.5, 0.6) is 5.75 Å². The highest BCUT2D eigenvalue weighted by Crippen LogP contribution is 2.46. The van der Waals surface area contributed by atoms with E-state index in [1.807, 2.05) is 37.3 Å². The number of carbonyl (C=O) groups excluding carboxylic acids is 3. The van der Waals surface area contributed by atoms with Gasteiger partial charge in [-0.15, -0.1) is 0 Å². The minimum atomic E-state index is -3.85. The Hall–Kier alpha value is -4.78. The number of nitrogens with one attached hydrogen (secondary N) is 2. The zero-order valence-electron chi connectivity index (χ0n) is 28.9. The highest BCUT2D eigenvalue weighted by molar-refractivity contribution is 7.91. The average Bonchev–Trinajstić information content (AvgIpc) is 4.01. The summed E-state index contributed by atoms with van der Waals surface area (Å²) in [6, 6.07) is 12.5. The molecule has 3 fully saturated rings. The van der Waals surface area contributed by atoms with Crippen molar-refractivity contribution in [2.75, 3.05) is 6.54 Å². The molecule has 8 rings (SSSR count). The number of rotatable bonds is 6. The minimum absolute atomic E-state index is 0.116. The molecule has 2 aromatic carbocycles. The number of aryl methyl sites for hydroxylation is 1. The first kappa shape index (κ1) is 34.3. The molecule has 2 N–H and O–H groups in total. The number of allylic oxidation sites excluding steroid dienone is 1. The number of fused-ring (bicyclic) bond motifs is 5. The van der Waals surface area contributed by atoms with Crippen molar-refractivity contribution < 1.29 is 36.3 Å². The monoisotopic (exact) mass is 728 g/mol. The molecule has 2 saturated carbocycles. The quantitative estimate of drug-likeness (QED) is 0.236. The maximum atomic E-state index is 14.2. The summed E-state index contributed by atoms with van der Waals surface area (Å²) >= 11 is 0. The van der Waals surface area contributed by atoms with Gasteiger partial charge in [-0.05, 0) is 81.8 Å². The Morgan fingerprint density at radius 1 is 1.08 bits per heavy atom. The summed E-state index contributed by atoms with van der Waals surface area (Å²) in [5.41, 5.74) is 2.38. The Morgan fingerprint density at radius 2 is 1.87 bits per heavy atom. The molecule has 2 aliphatic heterocycles. The summed E-state index contributed by atoms with van der Waals surface area (Å²) in [7, 11) is -3.85. The van der Waals surface area contributed by atoms with Crippen LogP contribution in [-0.2, 0) is 24.4 Å². The van der Waals surface area contributed by atoms with Crippen LogP contribution in [0.25, 0.3) is 33.3 Å². The van der Waals surface area contributed by atoms with Crippen LogP contribution in [0.1, 0.15) is 69.8 Å². The van der Waals surface area contributed by atoms with Crippen molar-refractivity contribution in [3.05, 3.63) is 72.1 Å². The van der Waals surface area contributed by atoms with Gasteiger partial charge in [0.1, 0.15) is 34.6 Å². The number of ether oxygens (including phenoxy) is 1. The fourth-order valence-electron chi connectivity index (χ4n) is 7.52. The molecule has 0 unspecified atom stereocenters. The first-order valence-electron chi connectivity index (χ1n) is 18.1. The fraction of sp³-hybridized carbons (Fsp3) is 0.436. The maximum Gasteiger partial charge on any atom is 0.259 e. The molecule has 272 valence electrons. The summed E-state index contributed by atoms with van der Waals surface area (Å²) in [4.78, 5) is 48.0. The van der Waals surface area contributed by atoms with Gasteiger partial charge in [0.2, 0.25) is 21.8 Å². The second-order valence-corrected chi connectivity index (χ2v) is 16.6. The van der Waals surface area contributed by atoms with E-state index in [1.54, 1.807) is 18.2 Å². The fourth-order valence-corrected chi connectivity index (χ4v) is 8.89. The van der Waals surface area contributed by atoms with Crippen molar-refractivity contribution in [2.45, 2.75) is 94.1 Å². The number of pyridine rings is 1. The average molecular weight is 729 g/mol. The lowest BCUT2D eigenvalue weighted by Crippen LogP contribution is -2.56. The number of sulfonamides is 1. The highest BCUT2D eigenvalue weighted by Gasteiger charge is 2.62. The summed E-state index contributed by atoms with van der Waals surface area (Å²) in [5, 5.41) is 3.10. The van der Waals surface area contributed by atoms with E-state index in [4.69, 9.17) is 14.1 Å². The summed E-state index contributed by atoms with van der Waals surface area (Å²) in [5.74, 6) is -1.85. The lowest BCUT2D eigenvalue weighted by Gasteiger charge is -2.26. The van der Waals surface area contributed by atoms with Gasteiger partial charge >= 0.3 is 0 Å². The third-order valence-electron chi connectivity index (χ3n) is 10.7. The van der Waals surface area contributed by atoms with Crippen LogP contribution in [0, 0.1) is 18.7 Å². The van der Waals surface area contributed by atoms with Gasteiger partial charge in [0.05, 0.1) is 17.5 Å². The molecule has 0 spiro atoms. The third kappa shape index (κ3) is 6.66. The van der Waals surface area contributed by atoms with Crippen LogP contribution in [-0.4, -0.2) is 65.5 Å².